The lowest BCUT2D eigenvalue weighted by Crippen LogP contribution is -2.19. The second-order valence-electron chi connectivity index (χ2n) is 13.3. The number of nitrogens with one attached hydrogen (secondary N) is 8. The maximum Gasteiger partial charge on any atom is 0.416 e. The van der Waals surface area contributed by atoms with Crippen molar-refractivity contribution in [3.8, 4) is 22.3 Å². The molecule has 0 aliphatic rings. The Balaban J connectivity index is 0.000000232. The number of carbonyl (C=O) groups excluding carboxylic acids is 6. The van der Waals surface area contributed by atoms with E-state index in [1.807, 2.05) is 25.1 Å². The first kappa shape index (κ1) is 43.8. The molecule has 12 N–H and O–H groups in total. The van der Waals surface area contributed by atoms with Crippen molar-refractivity contribution < 1.29 is 41.9 Å². The molecule has 0 unspecified atom stereocenters. The molecule has 8 amide bonds. The number of H-pyrrole nitrogens is 2. The summed E-state index contributed by atoms with van der Waals surface area (Å²) in [6.45, 7) is 4.58. The number of aryl methyl sites for hydroxylation is 1. The van der Waals surface area contributed by atoms with E-state index in [2.05, 4.69) is 41.9 Å². The fourth-order valence-electron chi connectivity index (χ4n) is 5.88. The Labute approximate surface area is 345 Å². The fourth-order valence-corrected chi connectivity index (χ4v) is 5.88. The fraction of sp³-hybridized carbons (Fsp3) is 0.0952. The number of primary amides is 2. The number of hydrogen-bond donors (Lipinski definition) is 10. The van der Waals surface area contributed by atoms with Crippen molar-refractivity contribution >= 4 is 70.1 Å². The van der Waals surface area contributed by atoms with E-state index in [-0.39, 0.29) is 46.3 Å². The summed E-state index contributed by atoms with van der Waals surface area (Å²) >= 11 is 0. The van der Waals surface area contributed by atoms with Gasteiger partial charge >= 0.3 is 18.2 Å². The van der Waals surface area contributed by atoms with Crippen LogP contribution in [0.2, 0.25) is 0 Å². The van der Waals surface area contributed by atoms with Crippen molar-refractivity contribution in [1.29, 1.82) is 0 Å². The molecule has 0 bridgehead atoms. The van der Waals surface area contributed by atoms with Gasteiger partial charge in [0, 0.05) is 60.1 Å². The van der Waals surface area contributed by atoms with Gasteiger partial charge in [-0.2, -0.15) is 13.2 Å². The van der Waals surface area contributed by atoms with E-state index in [1.165, 1.54) is 20.0 Å². The zero-order valence-corrected chi connectivity index (χ0v) is 32.6. The van der Waals surface area contributed by atoms with E-state index in [1.54, 1.807) is 60.8 Å². The number of halogens is 3. The van der Waals surface area contributed by atoms with Gasteiger partial charge in [0.1, 0.15) is 11.6 Å². The monoisotopic (exact) mass is 836 g/mol. The molecule has 0 radical (unpaired) electrons. The number of aromatic nitrogens is 2. The van der Waals surface area contributed by atoms with Crippen LogP contribution in [0, 0.1) is 6.92 Å². The number of amides is 8. The lowest BCUT2D eigenvalue weighted by Gasteiger charge is -2.10. The summed E-state index contributed by atoms with van der Waals surface area (Å²) in [5.74, 6) is -1.66. The molecule has 19 heteroatoms. The van der Waals surface area contributed by atoms with Gasteiger partial charge in [-0.1, -0.05) is 36.4 Å². The second kappa shape index (κ2) is 18.9. The largest absolute Gasteiger partial charge is 0.416 e. The number of urea groups is 2. The van der Waals surface area contributed by atoms with E-state index in [9.17, 15) is 41.9 Å². The minimum Gasteiger partial charge on any atom is -0.365 e. The van der Waals surface area contributed by atoms with Crippen LogP contribution < -0.4 is 43.4 Å². The Morgan fingerprint density at radius 1 is 0.525 bits per heavy atom. The minimum absolute atomic E-state index is 0.112. The lowest BCUT2D eigenvalue weighted by molar-refractivity contribution is -0.137. The van der Waals surface area contributed by atoms with E-state index < -0.39 is 29.6 Å². The molecule has 0 aliphatic heterocycles. The van der Waals surface area contributed by atoms with Crippen LogP contribution in [0.15, 0.2) is 109 Å². The van der Waals surface area contributed by atoms with Gasteiger partial charge in [-0.05, 0) is 84.3 Å². The predicted molar refractivity (Wildman–Crippen MR) is 226 cm³/mol. The molecule has 0 fully saturated rings. The molecular formula is C42H39F3N10O6. The Morgan fingerprint density at radius 3 is 1.25 bits per heavy atom. The molecule has 2 heterocycles. The maximum atomic E-state index is 12.6. The highest BCUT2D eigenvalue weighted by Gasteiger charge is 2.30. The predicted octanol–water partition coefficient (Wildman–Crippen LogP) is 8.09. The van der Waals surface area contributed by atoms with Crippen molar-refractivity contribution in [2.45, 2.75) is 26.9 Å². The molecule has 0 saturated carbocycles. The number of alkyl halides is 3. The SMILES string of the molecule is CC(=O)Nc1[nH]cc(-c2ccc(NC(=O)Nc3ccc(C(F)(F)F)cc3)cc2)c1C(N)=O.CC(=O)Nc1[nH]cc(-c2ccc(NC(=O)Nc3cccc(C)c3)cc2)c1C(N)=O. The van der Waals surface area contributed by atoms with Gasteiger partial charge in [0.2, 0.25) is 11.8 Å². The Kier molecular flexibility index (Phi) is 13.6. The van der Waals surface area contributed by atoms with Crippen molar-refractivity contribution in [3.05, 3.63) is 132 Å². The van der Waals surface area contributed by atoms with Gasteiger partial charge in [-0.15, -0.1) is 0 Å². The first-order valence-corrected chi connectivity index (χ1v) is 18.1. The summed E-state index contributed by atoms with van der Waals surface area (Å²) in [7, 11) is 0. The van der Waals surface area contributed by atoms with Crippen molar-refractivity contribution in [2.24, 2.45) is 11.5 Å². The van der Waals surface area contributed by atoms with Gasteiger partial charge < -0.3 is 53.3 Å². The summed E-state index contributed by atoms with van der Waals surface area (Å²) in [6.07, 6.45) is -1.34. The summed E-state index contributed by atoms with van der Waals surface area (Å²) < 4.78 is 37.8. The van der Waals surface area contributed by atoms with Crippen molar-refractivity contribution in [1.82, 2.24) is 9.97 Å². The Hall–Kier alpha value is -8.35. The molecule has 314 valence electrons. The van der Waals surface area contributed by atoms with Crippen molar-refractivity contribution in [2.75, 3.05) is 31.9 Å². The van der Waals surface area contributed by atoms with Crippen LogP contribution in [0.4, 0.5) is 57.1 Å². The topological polar surface area (TPSA) is 258 Å². The molecule has 16 nitrogen and oxygen atoms in total. The highest BCUT2D eigenvalue weighted by molar-refractivity contribution is 6.09. The lowest BCUT2D eigenvalue weighted by atomic mass is 10.0. The highest BCUT2D eigenvalue weighted by atomic mass is 19.4. The van der Waals surface area contributed by atoms with Crippen LogP contribution in [0.3, 0.4) is 0 Å². The zero-order valence-electron chi connectivity index (χ0n) is 32.6. The van der Waals surface area contributed by atoms with Crippen molar-refractivity contribution in [3.63, 3.8) is 0 Å². The van der Waals surface area contributed by atoms with Crippen LogP contribution >= 0.6 is 0 Å². The number of rotatable bonds is 10. The molecule has 0 saturated heterocycles. The molecule has 0 spiro atoms. The second-order valence-corrected chi connectivity index (χ2v) is 13.3. The smallest absolute Gasteiger partial charge is 0.365 e. The number of benzene rings is 4. The standard InChI is InChI=1S/C21H18F3N5O3.C21H21N5O3/c1-11(30)27-19-17(18(25)31)16(10-26-19)12-2-6-14(7-3-12)28-20(32)29-15-8-4-13(5-9-15)21(22,23)24;1-12-4-3-5-16(10-12)26-21(29)25-15-8-6-14(7-9-15)17-11-23-20(24-13(2)27)18(17)19(22)28/h2-10,26H,1H3,(H2,25,31)(H,27,30)(H2,28,29,32);3-11,23H,1-2H3,(H2,22,28)(H,24,27)(H2,25,26,29). The first-order chi connectivity index (χ1) is 28.9. The summed E-state index contributed by atoms with van der Waals surface area (Å²) in [6, 6.07) is 23.8. The third kappa shape index (κ3) is 11.9. The van der Waals surface area contributed by atoms with Crippen LogP contribution in [-0.4, -0.2) is 45.7 Å². The van der Waals surface area contributed by atoms with Gasteiger partial charge in [-0.25, -0.2) is 9.59 Å². The summed E-state index contributed by atoms with van der Waals surface area (Å²) in [5, 5.41) is 15.6. The molecule has 6 rings (SSSR count). The summed E-state index contributed by atoms with van der Waals surface area (Å²) in [5.41, 5.74) is 15.6. The summed E-state index contributed by atoms with van der Waals surface area (Å²) in [4.78, 5) is 76.2. The van der Waals surface area contributed by atoms with E-state index in [0.717, 1.165) is 29.8 Å². The van der Waals surface area contributed by atoms with Gasteiger partial charge in [-0.3, -0.25) is 19.2 Å². The van der Waals surface area contributed by atoms with Crippen LogP contribution in [0.1, 0.15) is 45.7 Å². The average molecular weight is 837 g/mol. The zero-order chi connectivity index (χ0) is 44.4. The number of carbonyl (C=O) groups is 6. The molecule has 4 aromatic carbocycles. The average Bonchev–Trinajstić information content (AvgIpc) is 3.79. The van der Waals surface area contributed by atoms with E-state index in [0.29, 0.717) is 39.3 Å². The Morgan fingerprint density at radius 2 is 0.902 bits per heavy atom. The van der Waals surface area contributed by atoms with Gasteiger partial charge in [0.05, 0.1) is 16.7 Å². The van der Waals surface area contributed by atoms with Gasteiger partial charge in [0.25, 0.3) is 11.8 Å². The van der Waals surface area contributed by atoms with E-state index >= 15 is 0 Å². The molecule has 0 aliphatic carbocycles. The minimum atomic E-state index is -4.46. The highest BCUT2D eigenvalue weighted by Crippen LogP contribution is 2.32. The molecule has 2 aromatic heterocycles. The third-order valence-corrected chi connectivity index (χ3v) is 8.51. The number of anilines is 6. The number of hydrogen-bond acceptors (Lipinski definition) is 6. The van der Waals surface area contributed by atoms with E-state index in [4.69, 9.17) is 11.5 Å². The third-order valence-electron chi connectivity index (χ3n) is 8.51. The molecule has 6 aromatic rings. The van der Waals surface area contributed by atoms with Crippen LogP contribution in [0.5, 0.6) is 0 Å². The van der Waals surface area contributed by atoms with Gasteiger partial charge in [0.15, 0.2) is 0 Å². The molecule has 61 heavy (non-hydrogen) atoms. The Bertz CT molecular complexity index is 2580. The molecule has 0 atom stereocenters. The molecular weight excluding hydrogens is 798 g/mol. The maximum absolute atomic E-state index is 12.6. The number of nitrogens with two attached hydrogens (primary N) is 2. The van der Waals surface area contributed by atoms with Crippen LogP contribution in [0.25, 0.3) is 22.3 Å². The quantitative estimate of drug-likeness (QED) is 0.0652. The normalized spacial score (nSPS) is 10.7. The number of aromatic amines is 2. The first-order valence-electron chi connectivity index (χ1n) is 18.1. The van der Waals surface area contributed by atoms with Crippen LogP contribution in [-0.2, 0) is 15.8 Å².